The second-order valence-electron chi connectivity index (χ2n) is 6.35. The van der Waals surface area contributed by atoms with Crippen LogP contribution in [0.2, 0.25) is 0 Å². The van der Waals surface area contributed by atoms with E-state index in [4.69, 9.17) is 0 Å². The molecule has 1 aromatic heterocycles. The van der Waals surface area contributed by atoms with Crippen molar-refractivity contribution in [2.75, 3.05) is 7.11 Å². The number of hydrogen-bond donors (Lipinski definition) is 1. The molecule has 1 atom stereocenters. The zero-order valence-corrected chi connectivity index (χ0v) is 16.4. The highest BCUT2D eigenvalue weighted by Crippen LogP contribution is 2.27. The molecule has 0 saturated carbocycles. The fraction of sp³-hybridized carbons (Fsp3) is 0.190. The van der Waals surface area contributed by atoms with E-state index >= 15 is 0 Å². The molecule has 146 valence electrons. The van der Waals surface area contributed by atoms with Crippen molar-refractivity contribution in [3.05, 3.63) is 79.0 Å². The maximum absolute atomic E-state index is 13.2. The fourth-order valence-electron chi connectivity index (χ4n) is 3.17. The SMILES string of the molecule is C=CC[C@H](Cc1cn(S(=O)(=O)c2ccccc2)c2ccccc12)NC(=O)OC. The van der Waals surface area contributed by atoms with Gasteiger partial charge in [-0.1, -0.05) is 42.5 Å². The molecular formula is C21H22N2O4S. The van der Waals surface area contributed by atoms with Crippen LogP contribution in [0.15, 0.2) is 78.3 Å². The summed E-state index contributed by atoms with van der Waals surface area (Å²) in [6, 6.07) is 15.4. The molecule has 2 aromatic carbocycles. The van der Waals surface area contributed by atoms with Crippen LogP contribution in [0.4, 0.5) is 4.79 Å². The molecule has 3 rings (SSSR count). The Hall–Kier alpha value is -3.06. The number of benzene rings is 2. The quantitative estimate of drug-likeness (QED) is 0.615. The van der Waals surface area contributed by atoms with Crippen LogP contribution in [0.25, 0.3) is 10.9 Å². The molecule has 28 heavy (non-hydrogen) atoms. The number of fused-ring (bicyclic) bond motifs is 1. The lowest BCUT2D eigenvalue weighted by molar-refractivity contribution is 0.166. The average Bonchev–Trinajstić information content (AvgIpc) is 3.08. The van der Waals surface area contributed by atoms with Crippen molar-refractivity contribution in [3.8, 4) is 0 Å². The van der Waals surface area contributed by atoms with Crippen molar-refractivity contribution in [2.24, 2.45) is 0 Å². The smallest absolute Gasteiger partial charge is 0.407 e. The molecule has 6 nitrogen and oxygen atoms in total. The van der Waals surface area contributed by atoms with Gasteiger partial charge in [-0.25, -0.2) is 17.2 Å². The average molecular weight is 398 g/mol. The second-order valence-corrected chi connectivity index (χ2v) is 8.16. The summed E-state index contributed by atoms with van der Waals surface area (Å²) in [4.78, 5) is 11.9. The number of para-hydroxylation sites is 1. The van der Waals surface area contributed by atoms with Crippen molar-refractivity contribution in [1.29, 1.82) is 0 Å². The number of carbonyl (C=O) groups is 1. The minimum absolute atomic E-state index is 0.220. The molecular weight excluding hydrogens is 376 g/mol. The summed E-state index contributed by atoms with van der Waals surface area (Å²) in [6.45, 7) is 3.73. The second kappa shape index (κ2) is 8.31. The van der Waals surface area contributed by atoms with E-state index < -0.39 is 16.1 Å². The van der Waals surface area contributed by atoms with Gasteiger partial charge in [0, 0.05) is 17.6 Å². The Morgan fingerprint density at radius 3 is 2.54 bits per heavy atom. The van der Waals surface area contributed by atoms with E-state index in [1.807, 2.05) is 12.1 Å². The van der Waals surface area contributed by atoms with Gasteiger partial charge < -0.3 is 10.1 Å². The number of aromatic nitrogens is 1. The van der Waals surface area contributed by atoms with E-state index in [9.17, 15) is 13.2 Å². The molecule has 0 aliphatic carbocycles. The van der Waals surface area contributed by atoms with Crippen LogP contribution in [0, 0.1) is 0 Å². The van der Waals surface area contributed by atoms with Gasteiger partial charge in [0.2, 0.25) is 0 Å². The van der Waals surface area contributed by atoms with Crippen LogP contribution in [-0.4, -0.2) is 31.6 Å². The zero-order chi connectivity index (χ0) is 20.1. The van der Waals surface area contributed by atoms with E-state index in [0.717, 1.165) is 10.9 Å². The molecule has 0 saturated heterocycles. The first-order valence-corrected chi connectivity index (χ1v) is 10.3. The molecule has 1 heterocycles. The Balaban J connectivity index is 2.06. The number of hydrogen-bond acceptors (Lipinski definition) is 4. The zero-order valence-electron chi connectivity index (χ0n) is 15.5. The van der Waals surface area contributed by atoms with Crippen LogP contribution >= 0.6 is 0 Å². The van der Waals surface area contributed by atoms with Crippen LogP contribution in [-0.2, 0) is 21.2 Å². The highest BCUT2D eigenvalue weighted by atomic mass is 32.2. The van der Waals surface area contributed by atoms with E-state index in [0.29, 0.717) is 18.4 Å². The van der Waals surface area contributed by atoms with Gasteiger partial charge in [-0.05, 0) is 36.6 Å². The van der Waals surface area contributed by atoms with Crippen molar-refractivity contribution in [3.63, 3.8) is 0 Å². The largest absolute Gasteiger partial charge is 0.453 e. The Labute approximate surface area is 164 Å². The molecule has 0 aliphatic heterocycles. The number of methoxy groups -OCH3 is 1. The summed E-state index contributed by atoms with van der Waals surface area (Å²) in [6.07, 6.45) is 3.77. The first-order chi connectivity index (χ1) is 13.5. The summed E-state index contributed by atoms with van der Waals surface area (Å²) in [7, 11) is -2.43. The minimum Gasteiger partial charge on any atom is -0.453 e. The summed E-state index contributed by atoms with van der Waals surface area (Å²) in [5.74, 6) is 0. The van der Waals surface area contributed by atoms with Gasteiger partial charge in [-0.15, -0.1) is 6.58 Å². The Morgan fingerprint density at radius 1 is 1.18 bits per heavy atom. The molecule has 0 unspecified atom stereocenters. The fourth-order valence-corrected chi connectivity index (χ4v) is 4.58. The van der Waals surface area contributed by atoms with Crippen LogP contribution in [0.5, 0.6) is 0 Å². The first-order valence-electron chi connectivity index (χ1n) is 8.82. The van der Waals surface area contributed by atoms with Gasteiger partial charge >= 0.3 is 6.09 Å². The molecule has 7 heteroatoms. The lowest BCUT2D eigenvalue weighted by Gasteiger charge is -2.15. The van der Waals surface area contributed by atoms with E-state index in [-0.39, 0.29) is 10.9 Å². The van der Waals surface area contributed by atoms with Gasteiger partial charge in [0.05, 0.1) is 17.5 Å². The van der Waals surface area contributed by atoms with Crippen LogP contribution < -0.4 is 5.32 Å². The summed E-state index contributed by atoms with van der Waals surface area (Å²) in [5.41, 5.74) is 1.41. The van der Waals surface area contributed by atoms with Crippen LogP contribution in [0.3, 0.4) is 0 Å². The molecule has 1 N–H and O–H groups in total. The Kier molecular flexibility index (Phi) is 5.84. The molecule has 0 fully saturated rings. The van der Waals surface area contributed by atoms with Crippen molar-refractivity contribution in [2.45, 2.75) is 23.8 Å². The van der Waals surface area contributed by atoms with Gasteiger partial charge in [0.15, 0.2) is 0 Å². The number of nitrogens with zero attached hydrogens (tertiary/aromatic N) is 1. The normalized spacial score (nSPS) is 12.5. The standard InChI is InChI=1S/C21H22N2O4S/c1-3-9-17(22-21(24)27-2)14-16-15-23(20-13-8-7-12-19(16)20)28(25,26)18-10-5-4-6-11-18/h3-8,10-13,15,17H,1,9,14H2,2H3,(H,22,24)/t17-/m1/s1. The number of ether oxygens (including phenoxy) is 1. The number of alkyl carbamates (subject to hydrolysis) is 1. The summed E-state index contributed by atoms with van der Waals surface area (Å²) < 4.78 is 32.3. The third-order valence-electron chi connectivity index (χ3n) is 4.49. The van der Waals surface area contributed by atoms with E-state index in [1.165, 1.54) is 11.1 Å². The minimum atomic E-state index is -3.74. The maximum Gasteiger partial charge on any atom is 0.407 e. The lowest BCUT2D eigenvalue weighted by atomic mass is 10.0. The molecule has 0 aliphatic rings. The summed E-state index contributed by atoms with van der Waals surface area (Å²) >= 11 is 0. The number of amides is 1. The highest BCUT2D eigenvalue weighted by Gasteiger charge is 2.22. The Morgan fingerprint density at radius 2 is 1.86 bits per heavy atom. The molecule has 0 radical (unpaired) electrons. The summed E-state index contributed by atoms with van der Waals surface area (Å²) in [5, 5.41) is 3.59. The van der Waals surface area contributed by atoms with Crippen molar-refractivity contribution in [1.82, 2.24) is 9.29 Å². The monoisotopic (exact) mass is 398 g/mol. The predicted octanol–water partition coefficient (Wildman–Crippen LogP) is 3.72. The van der Waals surface area contributed by atoms with E-state index in [1.54, 1.807) is 54.7 Å². The topological polar surface area (TPSA) is 77.4 Å². The lowest BCUT2D eigenvalue weighted by Crippen LogP contribution is -2.35. The van der Waals surface area contributed by atoms with E-state index in [2.05, 4.69) is 16.6 Å². The van der Waals surface area contributed by atoms with Gasteiger partial charge in [0.1, 0.15) is 0 Å². The number of carbonyl (C=O) groups excluding carboxylic acids is 1. The highest BCUT2D eigenvalue weighted by molar-refractivity contribution is 7.90. The predicted molar refractivity (Wildman–Crippen MR) is 109 cm³/mol. The first kappa shape index (κ1) is 19.7. The van der Waals surface area contributed by atoms with Gasteiger partial charge in [-0.2, -0.15) is 0 Å². The molecule has 1 amide bonds. The van der Waals surface area contributed by atoms with Crippen LogP contribution in [0.1, 0.15) is 12.0 Å². The molecule has 3 aromatic rings. The van der Waals surface area contributed by atoms with Gasteiger partial charge in [0.25, 0.3) is 10.0 Å². The number of nitrogens with one attached hydrogen (secondary N) is 1. The molecule has 0 bridgehead atoms. The number of rotatable bonds is 7. The molecule has 0 spiro atoms. The maximum atomic E-state index is 13.2. The van der Waals surface area contributed by atoms with Crippen molar-refractivity contribution < 1.29 is 17.9 Å². The third-order valence-corrected chi connectivity index (χ3v) is 6.17. The Bertz CT molecular complexity index is 1090. The van der Waals surface area contributed by atoms with Gasteiger partial charge in [-0.3, -0.25) is 0 Å². The van der Waals surface area contributed by atoms with Crippen molar-refractivity contribution >= 4 is 27.0 Å². The third kappa shape index (κ3) is 3.94.